The van der Waals surface area contributed by atoms with Crippen molar-refractivity contribution in [1.29, 1.82) is 0 Å². The SMILES string of the molecule is CCOC(=O)c1ccc(NC(=O)CSc2nnnn2-c2ccc(C)cc2C)cc1. The van der Waals surface area contributed by atoms with Crippen LogP contribution in [0.3, 0.4) is 0 Å². The summed E-state index contributed by atoms with van der Waals surface area (Å²) < 4.78 is 6.57. The average molecular weight is 411 g/mol. The molecule has 0 radical (unpaired) electrons. The van der Waals surface area contributed by atoms with Gasteiger partial charge in [0.1, 0.15) is 0 Å². The number of ether oxygens (including phenoxy) is 1. The van der Waals surface area contributed by atoms with Gasteiger partial charge in [-0.15, -0.1) is 5.10 Å². The van der Waals surface area contributed by atoms with Gasteiger partial charge in [-0.1, -0.05) is 29.5 Å². The highest BCUT2D eigenvalue weighted by Crippen LogP contribution is 2.21. The summed E-state index contributed by atoms with van der Waals surface area (Å²) in [6.07, 6.45) is 0. The molecule has 1 aromatic heterocycles. The minimum Gasteiger partial charge on any atom is -0.462 e. The predicted molar refractivity (Wildman–Crippen MR) is 110 cm³/mol. The Balaban J connectivity index is 1.61. The zero-order chi connectivity index (χ0) is 20.8. The molecule has 1 heterocycles. The van der Waals surface area contributed by atoms with E-state index in [4.69, 9.17) is 4.74 Å². The average Bonchev–Trinajstić information content (AvgIpc) is 3.15. The van der Waals surface area contributed by atoms with E-state index in [0.717, 1.165) is 16.8 Å². The number of carbonyl (C=O) groups is 2. The molecule has 0 aliphatic carbocycles. The van der Waals surface area contributed by atoms with Crippen molar-refractivity contribution in [2.24, 2.45) is 0 Å². The number of aryl methyl sites for hydroxylation is 2. The van der Waals surface area contributed by atoms with Gasteiger partial charge in [0, 0.05) is 5.69 Å². The van der Waals surface area contributed by atoms with Gasteiger partial charge in [0.25, 0.3) is 0 Å². The standard InChI is InChI=1S/C20H21N5O3S/c1-4-28-19(27)15-6-8-16(9-7-15)21-18(26)12-29-20-22-23-24-25(20)17-10-5-13(2)11-14(17)3/h5-11H,4,12H2,1-3H3,(H,21,26). The maximum atomic E-state index is 12.3. The maximum Gasteiger partial charge on any atom is 0.338 e. The van der Waals surface area contributed by atoms with E-state index in [1.54, 1.807) is 35.9 Å². The fourth-order valence-corrected chi connectivity index (χ4v) is 3.38. The van der Waals surface area contributed by atoms with Crippen molar-refractivity contribution >= 4 is 29.3 Å². The highest BCUT2D eigenvalue weighted by molar-refractivity contribution is 7.99. The quantitative estimate of drug-likeness (QED) is 0.471. The molecule has 8 nitrogen and oxygen atoms in total. The summed E-state index contributed by atoms with van der Waals surface area (Å²) in [4.78, 5) is 24.0. The van der Waals surface area contributed by atoms with Gasteiger partial charge in [-0.3, -0.25) is 4.79 Å². The topological polar surface area (TPSA) is 99.0 Å². The third-order valence-corrected chi connectivity index (χ3v) is 4.95. The number of rotatable bonds is 7. The first-order chi connectivity index (χ1) is 14.0. The van der Waals surface area contributed by atoms with Gasteiger partial charge in [0.2, 0.25) is 11.1 Å². The number of hydrogen-bond acceptors (Lipinski definition) is 7. The second kappa shape index (κ2) is 9.33. The molecule has 0 fully saturated rings. The van der Waals surface area contributed by atoms with Crippen LogP contribution < -0.4 is 5.32 Å². The van der Waals surface area contributed by atoms with E-state index in [2.05, 4.69) is 26.9 Å². The number of hydrogen-bond donors (Lipinski definition) is 1. The number of aromatic nitrogens is 4. The molecule has 0 spiro atoms. The molecular weight excluding hydrogens is 390 g/mol. The first kappa shape index (κ1) is 20.5. The molecular formula is C20H21N5O3S. The van der Waals surface area contributed by atoms with E-state index >= 15 is 0 Å². The number of carbonyl (C=O) groups excluding carboxylic acids is 2. The molecule has 29 heavy (non-hydrogen) atoms. The number of nitrogens with zero attached hydrogens (tertiary/aromatic N) is 4. The van der Waals surface area contributed by atoms with E-state index in [-0.39, 0.29) is 17.6 Å². The van der Waals surface area contributed by atoms with Crippen molar-refractivity contribution in [3.8, 4) is 5.69 Å². The number of esters is 1. The van der Waals surface area contributed by atoms with Crippen LogP contribution in [0, 0.1) is 13.8 Å². The molecule has 0 saturated carbocycles. The number of thioether (sulfide) groups is 1. The molecule has 0 bridgehead atoms. The third kappa shape index (κ3) is 5.20. The van der Waals surface area contributed by atoms with E-state index in [1.807, 2.05) is 26.0 Å². The fourth-order valence-electron chi connectivity index (χ4n) is 2.69. The van der Waals surface area contributed by atoms with Crippen molar-refractivity contribution in [1.82, 2.24) is 20.2 Å². The van der Waals surface area contributed by atoms with Gasteiger partial charge >= 0.3 is 5.97 Å². The molecule has 0 atom stereocenters. The van der Waals surface area contributed by atoms with Crippen LogP contribution >= 0.6 is 11.8 Å². The van der Waals surface area contributed by atoms with Gasteiger partial charge in [0.05, 0.1) is 23.6 Å². The molecule has 150 valence electrons. The van der Waals surface area contributed by atoms with E-state index in [1.165, 1.54) is 11.8 Å². The highest BCUT2D eigenvalue weighted by atomic mass is 32.2. The molecule has 3 aromatic rings. The maximum absolute atomic E-state index is 12.3. The summed E-state index contributed by atoms with van der Waals surface area (Å²) in [6, 6.07) is 12.5. The Bertz CT molecular complexity index is 1020. The first-order valence-corrected chi connectivity index (χ1v) is 10.0. The lowest BCUT2D eigenvalue weighted by atomic mass is 10.1. The van der Waals surface area contributed by atoms with Crippen molar-refractivity contribution < 1.29 is 14.3 Å². The summed E-state index contributed by atoms with van der Waals surface area (Å²) in [5.41, 5.74) is 4.11. The smallest absolute Gasteiger partial charge is 0.338 e. The highest BCUT2D eigenvalue weighted by Gasteiger charge is 2.14. The van der Waals surface area contributed by atoms with Crippen LogP contribution in [0.4, 0.5) is 5.69 Å². The van der Waals surface area contributed by atoms with Crippen LogP contribution in [0.5, 0.6) is 0 Å². The summed E-state index contributed by atoms with van der Waals surface area (Å²) in [7, 11) is 0. The Labute approximate surface area is 172 Å². The largest absolute Gasteiger partial charge is 0.462 e. The fraction of sp³-hybridized carbons (Fsp3) is 0.250. The summed E-state index contributed by atoms with van der Waals surface area (Å²) >= 11 is 1.24. The number of nitrogens with one attached hydrogen (secondary N) is 1. The van der Waals surface area contributed by atoms with Crippen LogP contribution in [0.15, 0.2) is 47.6 Å². The van der Waals surface area contributed by atoms with Crippen molar-refractivity contribution in [2.45, 2.75) is 25.9 Å². The molecule has 0 aliphatic rings. The molecule has 3 rings (SSSR count). The monoisotopic (exact) mass is 411 g/mol. The molecule has 9 heteroatoms. The van der Waals surface area contributed by atoms with Crippen LogP contribution in [0.25, 0.3) is 5.69 Å². The van der Waals surface area contributed by atoms with E-state index in [0.29, 0.717) is 23.0 Å². The Hall–Kier alpha value is -3.20. The number of anilines is 1. The minimum atomic E-state index is -0.390. The lowest BCUT2D eigenvalue weighted by Gasteiger charge is -2.09. The van der Waals surface area contributed by atoms with Gasteiger partial charge in [0.15, 0.2) is 0 Å². The van der Waals surface area contributed by atoms with Crippen LogP contribution in [0.2, 0.25) is 0 Å². The third-order valence-electron chi connectivity index (χ3n) is 4.03. The predicted octanol–water partition coefficient (Wildman–Crippen LogP) is 3.19. The second-order valence-electron chi connectivity index (χ2n) is 6.30. The van der Waals surface area contributed by atoms with Gasteiger partial charge in [-0.2, -0.15) is 4.68 Å². The zero-order valence-electron chi connectivity index (χ0n) is 16.4. The van der Waals surface area contributed by atoms with Crippen LogP contribution in [0.1, 0.15) is 28.4 Å². The first-order valence-electron chi connectivity index (χ1n) is 9.03. The van der Waals surface area contributed by atoms with Crippen molar-refractivity contribution in [2.75, 3.05) is 17.7 Å². The number of tetrazole rings is 1. The Morgan fingerprint density at radius 2 is 1.90 bits per heavy atom. The lowest BCUT2D eigenvalue weighted by molar-refractivity contribution is -0.113. The summed E-state index contributed by atoms with van der Waals surface area (Å²) in [5, 5.41) is 15.1. The minimum absolute atomic E-state index is 0.144. The van der Waals surface area contributed by atoms with E-state index < -0.39 is 0 Å². The molecule has 1 amide bonds. The number of benzene rings is 2. The molecule has 0 saturated heterocycles. The van der Waals surface area contributed by atoms with E-state index in [9.17, 15) is 9.59 Å². The molecule has 2 aromatic carbocycles. The second-order valence-corrected chi connectivity index (χ2v) is 7.24. The molecule has 0 aliphatic heterocycles. The summed E-state index contributed by atoms with van der Waals surface area (Å²) in [6.45, 7) is 6.08. The van der Waals surface area contributed by atoms with Crippen LogP contribution in [-0.2, 0) is 9.53 Å². The Kier molecular flexibility index (Phi) is 6.61. The van der Waals surface area contributed by atoms with Crippen LogP contribution in [-0.4, -0.2) is 44.4 Å². The number of amides is 1. The van der Waals surface area contributed by atoms with Gasteiger partial charge in [-0.25, -0.2) is 4.79 Å². The molecule has 0 unspecified atom stereocenters. The zero-order valence-corrected chi connectivity index (χ0v) is 17.2. The van der Waals surface area contributed by atoms with Crippen molar-refractivity contribution in [3.63, 3.8) is 0 Å². The van der Waals surface area contributed by atoms with Gasteiger partial charge < -0.3 is 10.1 Å². The normalized spacial score (nSPS) is 10.6. The summed E-state index contributed by atoms with van der Waals surface area (Å²) in [5.74, 6) is -0.446. The Morgan fingerprint density at radius 1 is 1.14 bits per heavy atom. The van der Waals surface area contributed by atoms with Crippen molar-refractivity contribution in [3.05, 3.63) is 59.2 Å². The lowest BCUT2D eigenvalue weighted by Crippen LogP contribution is -2.15. The van der Waals surface area contributed by atoms with Gasteiger partial charge in [-0.05, 0) is 67.1 Å². The molecule has 1 N–H and O–H groups in total. The Morgan fingerprint density at radius 3 is 2.59 bits per heavy atom.